The number of H-pyrrole nitrogens is 1. The van der Waals surface area contributed by atoms with Crippen LogP contribution in [0.4, 0.5) is 5.95 Å². The number of anilines is 1. The first kappa shape index (κ1) is 9.29. The van der Waals surface area contributed by atoms with E-state index in [-0.39, 0.29) is 11.8 Å². The van der Waals surface area contributed by atoms with Crippen molar-refractivity contribution in [2.45, 2.75) is 0 Å². The Balaban J connectivity index is 2.15. The van der Waals surface area contributed by atoms with Crippen LogP contribution in [0.25, 0.3) is 4.85 Å². The smallest absolute Gasteiger partial charge is 0.310 e. The quantitative estimate of drug-likeness (QED) is 0.348. The van der Waals surface area contributed by atoms with Crippen LogP contribution in [0.5, 0.6) is 0 Å². The zero-order valence-electron chi connectivity index (χ0n) is 7.38. The van der Waals surface area contributed by atoms with Gasteiger partial charge >= 0.3 is 5.84 Å². The highest BCUT2D eigenvalue weighted by Gasteiger charge is 2.05. The number of hydrogen-bond donors (Lipinski definition) is 2. The zero-order valence-corrected chi connectivity index (χ0v) is 8.19. The number of aromatic nitrogens is 4. The summed E-state index contributed by atoms with van der Waals surface area (Å²) in [7, 11) is 0. The average Bonchev–Trinajstić information content (AvgIpc) is 2.90. The van der Waals surface area contributed by atoms with Crippen LogP contribution in [0.15, 0.2) is 22.6 Å². The molecular formula is C7H5N7S. The third-order valence-corrected chi connectivity index (χ3v) is 2.32. The van der Waals surface area contributed by atoms with Crippen LogP contribution in [0.2, 0.25) is 0 Å². The number of amidine groups is 1. The second kappa shape index (κ2) is 4.30. The maximum atomic E-state index is 6.96. The lowest BCUT2D eigenvalue weighted by Gasteiger charge is -1.90. The lowest BCUT2D eigenvalue weighted by atomic mass is 10.4. The van der Waals surface area contributed by atoms with Gasteiger partial charge in [-0.3, -0.25) is 0 Å². The molecule has 74 valence electrons. The van der Waals surface area contributed by atoms with E-state index < -0.39 is 0 Å². The summed E-state index contributed by atoms with van der Waals surface area (Å²) in [5.74, 6) is 0.502. The monoisotopic (exact) mass is 219 g/mol. The number of nitrogens with one attached hydrogen (secondary N) is 2. The van der Waals surface area contributed by atoms with Crippen molar-refractivity contribution in [3.8, 4) is 0 Å². The Morgan fingerprint density at radius 1 is 1.67 bits per heavy atom. The number of tetrazole rings is 1. The SMILES string of the molecule is [C-]#[N+]/C(=N\Nc1nn[nH]n1)c1cccs1. The third kappa shape index (κ3) is 2.15. The molecule has 0 unspecified atom stereocenters. The van der Waals surface area contributed by atoms with E-state index in [0.717, 1.165) is 4.88 Å². The molecule has 0 radical (unpaired) electrons. The minimum absolute atomic E-state index is 0.229. The molecule has 2 aromatic rings. The van der Waals surface area contributed by atoms with Crippen molar-refractivity contribution < 1.29 is 0 Å². The fraction of sp³-hybridized carbons (Fsp3) is 0. The minimum Gasteiger partial charge on any atom is -0.358 e. The lowest BCUT2D eigenvalue weighted by Crippen LogP contribution is -1.98. The molecule has 15 heavy (non-hydrogen) atoms. The molecule has 0 aliphatic carbocycles. The van der Waals surface area contributed by atoms with Gasteiger partial charge in [0.15, 0.2) is 0 Å². The molecule has 0 aliphatic heterocycles. The number of hydrogen-bond acceptors (Lipinski definition) is 6. The standard InChI is InChI=1S/C7H5N7S/c1-8-6(5-3-2-4-15-5)9-10-7-11-13-14-12-7/h2-4H,(H2,10,11,12,13,14)/b9-6-. The maximum absolute atomic E-state index is 6.96. The lowest BCUT2D eigenvalue weighted by molar-refractivity contribution is 0.881. The maximum Gasteiger partial charge on any atom is 0.310 e. The Morgan fingerprint density at radius 3 is 3.20 bits per heavy atom. The van der Waals surface area contributed by atoms with E-state index in [4.69, 9.17) is 6.57 Å². The summed E-state index contributed by atoms with van der Waals surface area (Å²) in [6, 6.07) is 3.68. The van der Waals surface area contributed by atoms with Gasteiger partial charge < -0.3 is 4.85 Å². The highest BCUT2D eigenvalue weighted by molar-refractivity contribution is 7.12. The Bertz CT molecular complexity index is 478. The van der Waals surface area contributed by atoms with Crippen molar-refractivity contribution in [1.29, 1.82) is 0 Å². The van der Waals surface area contributed by atoms with E-state index in [0.29, 0.717) is 0 Å². The summed E-state index contributed by atoms with van der Waals surface area (Å²) in [5.41, 5.74) is 2.53. The fourth-order valence-corrected chi connectivity index (χ4v) is 1.51. The van der Waals surface area contributed by atoms with Crippen LogP contribution >= 0.6 is 11.3 Å². The van der Waals surface area contributed by atoms with Crippen LogP contribution in [0.1, 0.15) is 4.88 Å². The molecule has 8 heteroatoms. The van der Waals surface area contributed by atoms with Gasteiger partial charge in [0.25, 0.3) is 5.95 Å². The number of thiophene rings is 1. The molecule has 0 saturated carbocycles. The van der Waals surface area contributed by atoms with Crippen LogP contribution in [-0.2, 0) is 0 Å². The van der Waals surface area contributed by atoms with Gasteiger partial charge in [-0.1, -0.05) is 23.8 Å². The van der Waals surface area contributed by atoms with Crippen LogP contribution < -0.4 is 5.43 Å². The molecule has 2 aromatic heterocycles. The molecule has 0 fully saturated rings. The first-order valence-electron chi connectivity index (χ1n) is 3.88. The topological polar surface area (TPSA) is 83.2 Å². The molecule has 0 amide bonds. The van der Waals surface area contributed by atoms with Crippen molar-refractivity contribution in [3.63, 3.8) is 0 Å². The highest BCUT2D eigenvalue weighted by Crippen LogP contribution is 2.11. The Hall–Kier alpha value is -2.27. The van der Waals surface area contributed by atoms with Gasteiger partial charge in [0, 0.05) is 0 Å². The van der Waals surface area contributed by atoms with E-state index in [9.17, 15) is 0 Å². The number of rotatable bonds is 3. The van der Waals surface area contributed by atoms with E-state index in [1.54, 1.807) is 0 Å². The van der Waals surface area contributed by atoms with Crippen LogP contribution in [0.3, 0.4) is 0 Å². The van der Waals surface area contributed by atoms with Crippen molar-refractivity contribution in [2.24, 2.45) is 5.10 Å². The van der Waals surface area contributed by atoms with E-state index in [1.807, 2.05) is 17.5 Å². The first-order valence-corrected chi connectivity index (χ1v) is 4.76. The van der Waals surface area contributed by atoms with E-state index >= 15 is 0 Å². The summed E-state index contributed by atoms with van der Waals surface area (Å²) < 4.78 is 0. The molecule has 2 rings (SSSR count). The molecule has 0 aromatic carbocycles. The van der Waals surface area contributed by atoms with Gasteiger partial charge in [-0.15, -0.1) is 5.10 Å². The first-order chi connectivity index (χ1) is 7.40. The second-order valence-electron chi connectivity index (χ2n) is 2.37. The number of hydrazone groups is 1. The van der Waals surface area contributed by atoms with Crippen molar-refractivity contribution in [3.05, 3.63) is 33.8 Å². The molecule has 7 nitrogen and oxygen atoms in total. The third-order valence-electron chi connectivity index (χ3n) is 1.45. The van der Waals surface area contributed by atoms with Gasteiger partial charge in [0.2, 0.25) is 0 Å². The molecular weight excluding hydrogens is 214 g/mol. The van der Waals surface area contributed by atoms with Gasteiger partial charge in [0.05, 0.1) is 4.88 Å². The minimum atomic E-state index is 0.229. The Morgan fingerprint density at radius 2 is 2.60 bits per heavy atom. The van der Waals surface area contributed by atoms with Crippen LogP contribution in [-0.4, -0.2) is 26.5 Å². The summed E-state index contributed by atoms with van der Waals surface area (Å²) >= 11 is 1.44. The molecule has 0 saturated heterocycles. The predicted octanol–water partition coefficient (Wildman–Crippen LogP) is 0.954. The summed E-state index contributed by atoms with van der Waals surface area (Å²) in [6.07, 6.45) is 0. The Kier molecular flexibility index (Phi) is 2.66. The van der Waals surface area contributed by atoms with Crippen molar-refractivity contribution in [2.75, 3.05) is 5.43 Å². The Labute approximate surface area is 88.7 Å². The summed E-state index contributed by atoms with van der Waals surface area (Å²) in [6.45, 7) is 6.96. The largest absolute Gasteiger partial charge is 0.358 e. The molecule has 2 heterocycles. The average molecular weight is 219 g/mol. The van der Waals surface area contributed by atoms with Crippen LogP contribution in [0, 0.1) is 6.57 Å². The van der Waals surface area contributed by atoms with Gasteiger partial charge in [-0.25, -0.2) is 0 Å². The second-order valence-corrected chi connectivity index (χ2v) is 3.32. The summed E-state index contributed by atoms with van der Waals surface area (Å²) in [5, 5.41) is 18.6. The van der Waals surface area contributed by atoms with Gasteiger partial charge in [-0.05, 0) is 15.7 Å². The van der Waals surface area contributed by atoms with E-state index in [2.05, 4.69) is 36.0 Å². The fourth-order valence-electron chi connectivity index (χ4n) is 0.853. The molecule has 0 atom stereocenters. The molecule has 0 spiro atoms. The summed E-state index contributed by atoms with van der Waals surface area (Å²) in [4.78, 5) is 4.08. The highest BCUT2D eigenvalue weighted by atomic mass is 32.1. The van der Waals surface area contributed by atoms with Gasteiger partial charge in [0.1, 0.15) is 0 Å². The van der Waals surface area contributed by atoms with Gasteiger partial charge in [-0.2, -0.15) is 22.0 Å². The van der Waals surface area contributed by atoms with Crippen molar-refractivity contribution in [1.82, 2.24) is 20.6 Å². The number of aromatic amines is 1. The molecule has 0 bridgehead atoms. The number of nitrogens with zero attached hydrogens (tertiary/aromatic N) is 5. The predicted molar refractivity (Wildman–Crippen MR) is 55.3 cm³/mol. The van der Waals surface area contributed by atoms with Crippen molar-refractivity contribution >= 4 is 23.1 Å². The molecule has 2 N–H and O–H groups in total. The van der Waals surface area contributed by atoms with E-state index in [1.165, 1.54) is 11.3 Å². The molecule has 0 aliphatic rings. The zero-order chi connectivity index (χ0) is 10.5. The normalized spacial score (nSPS) is 11.0.